The van der Waals surface area contributed by atoms with Gasteiger partial charge in [-0.15, -0.1) is 0 Å². The van der Waals surface area contributed by atoms with Crippen molar-refractivity contribution in [3.8, 4) is 0 Å². The SMILES string of the molecule is CN(C)C1CC(O)C(CO)C1Cc1ccnc(C2CC2)n1. The lowest BCUT2D eigenvalue weighted by Crippen LogP contribution is -2.35. The monoisotopic (exact) mass is 291 g/mol. The lowest BCUT2D eigenvalue weighted by atomic mass is 9.88. The molecule has 116 valence electrons. The maximum absolute atomic E-state index is 10.2. The Balaban J connectivity index is 1.78. The summed E-state index contributed by atoms with van der Waals surface area (Å²) < 4.78 is 0. The number of rotatable bonds is 5. The first kappa shape index (κ1) is 14.9. The summed E-state index contributed by atoms with van der Waals surface area (Å²) >= 11 is 0. The van der Waals surface area contributed by atoms with Crippen LogP contribution in [-0.2, 0) is 6.42 Å². The van der Waals surface area contributed by atoms with E-state index in [1.54, 1.807) is 0 Å². The lowest BCUT2D eigenvalue weighted by molar-refractivity contribution is 0.0707. The molecule has 5 heteroatoms. The van der Waals surface area contributed by atoms with E-state index in [0.29, 0.717) is 5.92 Å². The van der Waals surface area contributed by atoms with Crippen molar-refractivity contribution in [3.63, 3.8) is 0 Å². The highest BCUT2D eigenvalue weighted by Gasteiger charge is 2.43. The Bertz CT molecular complexity index is 490. The van der Waals surface area contributed by atoms with Gasteiger partial charge in [-0.05, 0) is 51.8 Å². The molecule has 21 heavy (non-hydrogen) atoms. The first-order valence-corrected chi connectivity index (χ1v) is 7.87. The molecule has 0 amide bonds. The lowest BCUT2D eigenvalue weighted by Gasteiger charge is -2.28. The molecule has 0 saturated heterocycles. The number of hydrogen-bond donors (Lipinski definition) is 2. The zero-order valence-electron chi connectivity index (χ0n) is 12.8. The van der Waals surface area contributed by atoms with E-state index in [-0.39, 0.29) is 24.5 Å². The van der Waals surface area contributed by atoms with Crippen LogP contribution in [0.5, 0.6) is 0 Å². The van der Waals surface area contributed by atoms with Crippen molar-refractivity contribution >= 4 is 0 Å². The third kappa shape index (κ3) is 3.10. The Morgan fingerprint density at radius 1 is 1.29 bits per heavy atom. The zero-order valence-corrected chi connectivity index (χ0v) is 12.8. The molecule has 2 aliphatic rings. The molecule has 4 unspecified atom stereocenters. The molecule has 0 spiro atoms. The van der Waals surface area contributed by atoms with Crippen molar-refractivity contribution in [2.45, 2.75) is 43.7 Å². The topological polar surface area (TPSA) is 69.5 Å². The summed E-state index contributed by atoms with van der Waals surface area (Å²) in [7, 11) is 4.08. The maximum atomic E-state index is 10.2. The summed E-state index contributed by atoms with van der Waals surface area (Å²) in [6.45, 7) is 0.0384. The smallest absolute Gasteiger partial charge is 0.131 e. The minimum absolute atomic E-state index is 0.0384. The van der Waals surface area contributed by atoms with E-state index in [4.69, 9.17) is 4.98 Å². The number of aliphatic hydroxyl groups is 2. The van der Waals surface area contributed by atoms with Gasteiger partial charge in [-0.3, -0.25) is 0 Å². The predicted octanol–water partition coefficient (Wildman–Crippen LogP) is 0.816. The Morgan fingerprint density at radius 3 is 2.67 bits per heavy atom. The van der Waals surface area contributed by atoms with Crippen LogP contribution in [0.25, 0.3) is 0 Å². The summed E-state index contributed by atoms with van der Waals surface area (Å²) in [5, 5.41) is 19.8. The van der Waals surface area contributed by atoms with Crippen molar-refractivity contribution < 1.29 is 10.2 Å². The fourth-order valence-corrected chi connectivity index (χ4v) is 3.61. The molecule has 2 aliphatic carbocycles. The van der Waals surface area contributed by atoms with Gasteiger partial charge in [-0.1, -0.05) is 0 Å². The van der Waals surface area contributed by atoms with Gasteiger partial charge in [-0.2, -0.15) is 0 Å². The van der Waals surface area contributed by atoms with Crippen LogP contribution in [0.3, 0.4) is 0 Å². The molecular formula is C16H25N3O2. The van der Waals surface area contributed by atoms with E-state index < -0.39 is 6.10 Å². The van der Waals surface area contributed by atoms with Gasteiger partial charge in [0.1, 0.15) is 5.82 Å². The Hall–Kier alpha value is -1.04. The van der Waals surface area contributed by atoms with Crippen molar-refractivity contribution in [1.82, 2.24) is 14.9 Å². The zero-order chi connectivity index (χ0) is 15.0. The first-order chi connectivity index (χ1) is 10.1. The van der Waals surface area contributed by atoms with Crippen LogP contribution in [0.2, 0.25) is 0 Å². The Kier molecular flexibility index (Phi) is 4.24. The third-order valence-electron chi connectivity index (χ3n) is 5.01. The van der Waals surface area contributed by atoms with Crippen molar-refractivity contribution in [2.75, 3.05) is 20.7 Å². The van der Waals surface area contributed by atoms with E-state index in [9.17, 15) is 10.2 Å². The van der Waals surface area contributed by atoms with E-state index >= 15 is 0 Å². The fraction of sp³-hybridized carbons (Fsp3) is 0.750. The van der Waals surface area contributed by atoms with Gasteiger partial charge >= 0.3 is 0 Å². The van der Waals surface area contributed by atoms with Gasteiger partial charge in [0, 0.05) is 36.4 Å². The molecule has 0 bridgehead atoms. The molecule has 5 nitrogen and oxygen atoms in total. The van der Waals surface area contributed by atoms with Gasteiger partial charge in [0.2, 0.25) is 0 Å². The number of hydrogen-bond acceptors (Lipinski definition) is 5. The average molecular weight is 291 g/mol. The molecule has 4 atom stereocenters. The fourth-order valence-electron chi connectivity index (χ4n) is 3.61. The molecule has 1 aromatic heterocycles. The summed E-state index contributed by atoms with van der Waals surface area (Å²) in [5.41, 5.74) is 1.04. The molecule has 0 radical (unpaired) electrons. The highest BCUT2D eigenvalue weighted by atomic mass is 16.3. The summed E-state index contributed by atoms with van der Waals surface area (Å²) in [6.07, 6.45) is 5.35. The Morgan fingerprint density at radius 2 is 2.05 bits per heavy atom. The molecule has 2 N–H and O–H groups in total. The molecule has 1 aromatic rings. The normalized spacial score (nSPS) is 32.8. The number of aliphatic hydroxyl groups excluding tert-OH is 2. The highest BCUT2D eigenvalue weighted by molar-refractivity contribution is 5.12. The van der Waals surface area contributed by atoms with Gasteiger partial charge in [-0.25, -0.2) is 9.97 Å². The van der Waals surface area contributed by atoms with Crippen molar-refractivity contribution in [3.05, 3.63) is 23.8 Å². The van der Waals surface area contributed by atoms with E-state index in [0.717, 1.165) is 24.4 Å². The van der Waals surface area contributed by atoms with Gasteiger partial charge in [0.05, 0.1) is 6.10 Å². The molecule has 0 aliphatic heterocycles. The summed E-state index contributed by atoms with van der Waals surface area (Å²) in [5.74, 6) is 1.70. The summed E-state index contributed by atoms with van der Waals surface area (Å²) in [6, 6.07) is 2.26. The third-order valence-corrected chi connectivity index (χ3v) is 5.01. The van der Waals surface area contributed by atoms with Gasteiger partial charge in [0.15, 0.2) is 0 Å². The second-order valence-corrected chi connectivity index (χ2v) is 6.73. The molecule has 0 aromatic carbocycles. The summed E-state index contributed by atoms with van der Waals surface area (Å²) in [4.78, 5) is 11.2. The minimum atomic E-state index is -0.419. The molecule has 2 fully saturated rings. The highest BCUT2D eigenvalue weighted by Crippen LogP contribution is 2.39. The van der Waals surface area contributed by atoms with Crippen LogP contribution in [0, 0.1) is 11.8 Å². The van der Waals surface area contributed by atoms with Gasteiger partial charge < -0.3 is 15.1 Å². The molecule has 1 heterocycles. The van der Waals surface area contributed by atoms with Crippen molar-refractivity contribution in [2.24, 2.45) is 11.8 Å². The number of nitrogens with zero attached hydrogens (tertiary/aromatic N) is 3. The largest absolute Gasteiger partial charge is 0.396 e. The van der Waals surface area contributed by atoms with Crippen LogP contribution < -0.4 is 0 Å². The quantitative estimate of drug-likeness (QED) is 0.840. The van der Waals surface area contributed by atoms with E-state index in [1.807, 2.05) is 26.4 Å². The average Bonchev–Trinajstić information content (AvgIpc) is 3.25. The first-order valence-electron chi connectivity index (χ1n) is 7.87. The Labute approximate surface area is 126 Å². The minimum Gasteiger partial charge on any atom is -0.396 e. The van der Waals surface area contributed by atoms with E-state index in [2.05, 4.69) is 9.88 Å². The molecular weight excluding hydrogens is 266 g/mol. The van der Waals surface area contributed by atoms with Gasteiger partial charge in [0.25, 0.3) is 0 Å². The second kappa shape index (κ2) is 5.99. The number of aromatic nitrogens is 2. The van der Waals surface area contributed by atoms with E-state index in [1.165, 1.54) is 12.8 Å². The van der Waals surface area contributed by atoms with Crippen LogP contribution in [0.1, 0.15) is 36.7 Å². The van der Waals surface area contributed by atoms with Crippen LogP contribution in [-0.4, -0.2) is 57.9 Å². The predicted molar refractivity (Wildman–Crippen MR) is 79.9 cm³/mol. The molecule has 3 rings (SSSR count). The van der Waals surface area contributed by atoms with Crippen molar-refractivity contribution in [1.29, 1.82) is 0 Å². The van der Waals surface area contributed by atoms with Crippen LogP contribution in [0.15, 0.2) is 12.3 Å². The maximum Gasteiger partial charge on any atom is 0.131 e. The standard InChI is InChI=1S/C16H25N3O2/c1-19(2)14-8-15(21)13(9-20)12(14)7-11-5-6-17-16(18-11)10-3-4-10/h5-6,10,12-15,20-21H,3-4,7-9H2,1-2H3. The second-order valence-electron chi connectivity index (χ2n) is 6.73. The van der Waals surface area contributed by atoms with Crippen LogP contribution >= 0.6 is 0 Å². The van der Waals surface area contributed by atoms with Crippen LogP contribution in [0.4, 0.5) is 0 Å². The molecule has 2 saturated carbocycles.